The first-order chi connectivity index (χ1) is 17.0. The molecule has 8 nitrogen and oxygen atoms in total. The summed E-state index contributed by atoms with van der Waals surface area (Å²) in [5.74, 6) is -1.74. The van der Waals surface area contributed by atoms with Crippen molar-refractivity contribution in [3.63, 3.8) is 0 Å². The molecule has 0 bridgehead atoms. The van der Waals surface area contributed by atoms with Crippen LogP contribution in [0.5, 0.6) is 0 Å². The average Bonchev–Trinajstić information content (AvgIpc) is 3.61. The maximum atomic E-state index is 13.3. The number of nitrogens with zero attached hydrogens (tertiary/aromatic N) is 2. The highest BCUT2D eigenvalue weighted by molar-refractivity contribution is 7.09. The number of alkyl carbamates (subject to hydrolysis) is 1. The standard InChI is InChI=1S/C26H25N3O5S/c30-23(31)14-21(25(32)29-12-5-10-22(29)24-27-11-13-35-24)28-26(33)34-15-20-18-8-3-1-6-16(18)17-7-2-4-9-19(17)20/h1-4,6-9,11,13,20-22H,5,10,12,14-15H2,(H,28,33)(H,30,31). The lowest BCUT2D eigenvalue weighted by Crippen LogP contribution is -2.49. The Balaban J connectivity index is 1.28. The Hall–Kier alpha value is -3.72. The number of aliphatic carboxylic acids is 1. The first-order valence-electron chi connectivity index (χ1n) is 11.6. The number of hydrogen-bond donors (Lipinski definition) is 2. The molecule has 1 aliphatic carbocycles. The van der Waals surface area contributed by atoms with Gasteiger partial charge in [0.05, 0.1) is 12.5 Å². The minimum atomic E-state index is -1.22. The van der Waals surface area contributed by atoms with Gasteiger partial charge in [0.25, 0.3) is 0 Å². The summed E-state index contributed by atoms with van der Waals surface area (Å²) in [4.78, 5) is 43.4. The van der Waals surface area contributed by atoms with E-state index in [1.165, 1.54) is 11.3 Å². The van der Waals surface area contributed by atoms with Crippen molar-refractivity contribution < 1.29 is 24.2 Å². The van der Waals surface area contributed by atoms with Gasteiger partial charge in [-0.1, -0.05) is 48.5 Å². The van der Waals surface area contributed by atoms with E-state index in [0.717, 1.165) is 40.1 Å². The summed E-state index contributed by atoms with van der Waals surface area (Å²) in [6.45, 7) is 0.574. The Morgan fingerprint density at radius 1 is 1.11 bits per heavy atom. The molecule has 3 aromatic rings. The number of nitrogens with one attached hydrogen (secondary N) is 1. The first kappa shape index (κ1) is 23.0. The highest BCUT2D eigenvalue weighted by Crippen LogP contribution is 2.44. The number of carboxylic acids is 1. The lowest BCUT2D eigenvalue weighted by Gasteiger charge is -2.27. The number of likely N-dealkylation sites (tertiary alicyclic amines) is 1. The van der Waals surface area contributed by atoms with Crippen LogP contribution in [0.1, 0.15) is 47.4 Å². The second-order valence-electron chi connectivity index (χ2n) is 8.68. The van der Waals surface area contributed by atoms with Crippen LogP contribution < -0.4 is 5.32 Å². The van der Waals surface area contributed by atoms with Crippen LogP contribution in [-0.4, -0.2) is 52.2 Å². The van der Waals surface area contributed by atoms with Crippen molar-refractivity contribution in [1.29, 1.82) is 0 Å². The summed E-state index contributed by atoms with van der Waals surface area (Å²) in [6, 6.07) is 14.6. The van der Waals surface area contributed by atoms with E-state index in [1.54, 1.807) is 11.1 Å². The fourth-order valence-corrected chi connectivity index (χ4v) is 5.83. The molecule has 0 saturated carbocycles. The van der Waals surface area contributed by atoms with Crippen LogP contribution in [-0.2, 0) is 14.3 Å². The van der Waals surface area contributed by atoms with Crippen LogP contribution in [0, 0.1) is 0 Å². The number of carbonyl (C=O) groups excluding carboxylic acids is 2. The third-order valence-corrected chi connectivity index (χ3v) is 7.46. The van der Waals surface area contributed by atoms with E-state index in [2.05, 4.69) is 10.3 Å². The molecule has 180 valence electrons. The monoisotopic (exact) mass is 491 g/mol. The lowest BCUT2D eigenvalue weighted by molar-refractivity contribution is -0.143. The second kappa shape index (κ2) is 9.87. The molecule has 2 aliphatic rings. The molecular weight excluding hydrogens is 466 g/mol. The Morgan fingerprint density at radius 2 is 1.80 bits per heavy atom. The van der Waals surface area contributed by atoms with Crippen molar-refractivity contribution in [1.82, 2.24) is 15.2 Å². The zero-order valence-electron chi connectivity index (χ0n) is 18.9. The third kappa shape index (κ3) is 4.64. The average molecular weight is 492 g/mol. The molecule has 35 heavy (non-hydrogen) atoms. The molecule has 2 aromatic carbocycles. The molecular formula is C26H25N3O5S. The van der Waals surface area contributed by atoms with E-state index < -0.39 is 30.4 Å². The van der Waals surface area contributed by atoms with Gasteiger partial charge in [0, 0.05) is 24.0 Å². The molecule has 2 N–H and O–H groups in total. The first-order valence-corrected chi connectivity index (χ1v) is 12.4. The molecule has 0 spiro atoms. The number of rotatable bonds is 7. The van der Waals surface area contributed by atoms with E-state index in [4.69, 9.17) is 4.74 Å². The Bertz CT molecular complexity index is 1200. The number of hydrogen-bond acceptors (Lipinski definition) is 6. The fraction of sp³-hybridized carbons (Fsp3) is 0.308. The number of ether oxygens (including phenoxy) is 1. The molecule has 1 fully saturated rings. The Morgan fingerprint density at radius 3 is 2.43 bits per heavy atom. The summed E-state index contributed by atoms with van der Waals surface area (Å²) in [6.07, 6.45) is 1.90. The number of carboxylic acid groups (broad SMARTS) is 1. The van der Waals surface area contributed by atoms with Crippen LogP contribution in [0.3, 0.4) is 0 Å². The van der Waals surface area contributed by atoms with E-state index in [9.17, 15) is 19.5 Å². The van der Waals surface area contributed by atoms with Crippen LogP contribution in [0.2, 0.25) is 0 Å². The van der Waals surface area contributed by atoms with E-state index in [0.29, 0.717) is 6.54 Å². The van der Waals surface area contributed by atoms with Crippen molar-refractivity contribution in [3.05, 3.63) is 76.2 Å². The normalized spacial score (nSPS) is 17.5. The van der Waals surface area contributed by atoms with Gasteiger partial charge in [0.2, 0.25) is 5.91 Å². The zero-order valence-corrected chi connectivity index (χ0v) is 19.7. The van der Waals surface area contributed by atoms with Gasteiger partial charge in [-0.05, 0) is 35.1 Å². The highest BCUT2D eigenvalue weighted by Gasteiger charge is 2.37. The zero-order chi connectivity index (χ0) is 24.4. The summed E-state index contributed by atoms with van der Waals surface area (Å²) >= 11 is 1.46. The van der Waals surface area contributed by atoms with E-state index >= 15 is 0 Å². The predicted molar refractivity (Wildman–Crippen MR) is 130 cm³/mol. The Kier molecular flexibility index (Phi) is 6.50. The van der Waals surface area contributed by atoms with Crippen molar-refractivity contribution in [2.45, 2.75) is 37.3 Å². The summed E-state index contributed by atoms with van der Waals surface area (Å²) < 4.78 is 5.54. The molecule has 2 unspecified atom stereocenters. The number of benzene rings is 2. The van der Waals surface area contributed by atoms with Crippen molar-refractivity contribution in [2.75, 3.05) is 13.2 Å². The predicted octanol–water partition coefficient (Wildman–Crippen LogP) is 4.19. The molecule has 1 aromatic heterocycles. The van der Waals surface area contributed by atoms with Gasteiger partial charge < -0.3 is 20.1 Å². The van der Waals surface area contributed by atoms with Crippen LogP contribution in [0.4, 0.5) is 4.79 Å². The molecule has 5 rings (SSSR count). The fourth-order valence-electron chi connectivity index (χ4n) is 5.04. The van der Waals surface area contributed by atoms with Gasteiger partial charge >= 0.3 is 12.1 Å². The quantitative estimate of drug-likeness (QED) is 0.513. The minimum absolute atomic E-state index is 0.0826. The lowest BCUT2D eigenvalue weighted by atomic mass is 9.98. The van der Waals surface area contributed by atoms with Gasteiger partial charge in [0.1, 0.15) is 17.7 Å². The van der Waals surface area contributed by atoms with E-state index in [1.807, 2.05) is 53.9 Å². The number of fused-ring (bicyclic) bond motifs is 3. The SMILES string of the molecule is O=C(O)CC(NC(=O)OCC1c2ccccc2-c2ccccc21)C(=O)N1CCCC1c1nccs1. The maximum Gasteiger partial charge on any atom is 0.407 e. The number of amides is 2. The van der Waals surface area contributed by atoms with Gasteiger partial charge in [-0.3, -0.25) is 9.59 Å². The minimum Gasteiger partial charge on any atom is -0.481 e. The van der Waals surface area contributed by atoms with Gasteiger partial charge in [-0.25, -0.2) is 9.78 Å². The summed E-state index contributed by atoms with van der Waals surface area (Å²) in [7, 11) is 0. The summed E-state index contributed by atoms with van der Waals surface area (Å²) in [5, 5.41) is 14.6. The van der Waals surface area contributed by atoms with Crippen LogP contribution in [0.25, 0.3) is 11.1 Å². The molecule has 0 radical (unpaired) electrons. The second-order valence-corrected chi connectivity index (χ2v) is 9.61. The third-order valence-electron chi connectivity index (χ3n) is 6.58. The van der Waals surface area contributed by atoms with Crippen LogP contribution in [0.15, 0.2) is 60.1 Å². The summed E-state index contributed by atoms with van der Waals surface area (Å²) in [5.41, 5.74) is 4.36. The van der Waals surface area contributed by atoms with E-state index in [-0.39, 0.29) is 18.6 Å². The smallest absolute Gasteiger partial charge is 0.407 e. The number of thiazole rings is 1. The van der Waals surface area contributed by atoms with Crippen molar-refractivity contribution in [3.8, 4) is 11.1 Å². The molecule has 2 atom stereocenters. The molecule has 1 aliphatic heterocycles. The number of aromatic nitrogens is 1. The van der Waals surface area contributed by atoms with Gasteiger partial charge in [0.15, 0.2) is 0 Å². The van der Waals surface area contributed by atoms with Crippen LogP contribution >= 0.6 is 11.3 Å². The Labute approximate surface area is 206 Å². The highest BCUT2D eigenvalue weighted by atomic mass is 32.1. The molecule has 2 amide bonds. The molecule has 2 heterocycles. The van der Waals surface area contributed by atoms with Gasteiger partial charge in [-0.15, -0.1) is 11.3 Å². The van der Waals surface area contributed by atoms with Gasteiger partial charge in [-0.2, -0.15) is 0 Å². The van der Waals surface area contributed by atoms with Crippen molar-refractivity contribution >= 4 is 29.3 Å². The number of carbonyl (C=O) groups is 3. The molecule has 1 saturated heterocycles. The maximum absolute atomic E-state index is 13.3. The molecule has 9 heteroatoms. The van der Waals surface area contributed by atoms with Crippen molar-refractivity contribution in [2.24, 2.45) is 0 Å². The topological polar surface area (TPSA) is 109 Å². The largest absolute Gasteiger partial charge is 0.481 e.